The molecule has 2 rings (SSSR count). The molecule has 1 heterocycles. The van der Waals surface area contributed by atoms with Crippen LogP contribution in [0.5, 0.6) is 0 Å². The van der Waals surface area contributed by atoms with Gasteiger partial charge in [-0.3, -0.25) is 9.48 Å². The minimum absolute atomic E-state index is 0.0570. The number of nitrogens with one attached hydrogen (secondary N) is 1. The van der Waals surface area contributed by atoms with Gasteiger partial charge in [0.15, 0.2) is 0 Å². The number of nitrogens with zero attached hydrogens (tertiary/aromatic N) is 2. The standard InChI is InChI=1S/C16H27N3O2/c1-11-7-5-6-8-14(11)21-10-9-17-16(20)15-12(2)18-19(4)13(15)3/h11,14H,5-10H2,1-4H3,(H,17,20)/t11-,14+/m1/s1. The zero-order valence-electron chi connectivity index (χ0n) is 13.6. The molecule has 1 aromatic rings. The quantitative estimate of drug-likeness (QED) is 0.848. The Morgan fingerprint density at radius 1 is 1.38 bits per heavy atom. The lowest BCUT2D eigenvalue weighted by atomic mass is 9.88. The summed E-state index contributed by atoms with van der Waals surface area (Å²) in [6.45, 7) is 7.16. The van der Waals surface area contributed by atoms with E-state index in [1.807, 2.05) is 20.9 Å². The second-order valence-corrected chi connectivity index (χ2v) is 6.10. The molecule has 2 atom stereocenters. The predicted octanol–water partition coefficient (Wildman–Crippen LogP) is 2.36. The Balaban J connectivity index is 1.77. The van der Waals surface area contributed by atoms with Gasteiger partial charge in [0, 0.05) is 19.3 Å². The van der Waals surface area contributed by atoms with E-state index in [1.165, 1.54) is 19.3 Å². The zero-order valence-corrected chi connectivity index (χ0v) is 13.6. The summed E-state index contributed by atoms with van der Waals surface area (Å²) in [5.41, 5.74) is 2.35. The Hall–Kier alpha value is -1.36. The summed E-state index contributed by atoms with van der Waals surface area (Å²) in [6.07, 6.45) is 5.34. The molecular weight excluding hydrogens is 266 g/mol. The number of amides is 1. The first-order valence-electron chi connectivity index (χ1n) is 7.90. The summed E-state index contributed by atoms with van der Waals surface area (Å²) in [7, 11) is 1.85. The molecule has 0 unspecified atom stereocenters. The summed E-state index contributed by atoms with van der Waals surface area (Å²) < 4.78 is 7.65. The normalized spacial score (nSPS) is 22.3. The van der Waals surface area contributed by atoms with Crippen LogP contribution in [0.4, 0.5) is 0 Å². The molecule has 0 saturated heterocycles. The van der Waals surface area contributed by atoms with Crippen LogP contribution in [-0.4, -0.2) is 34.9 Å². The smallest absolute Gasteiger partial charge is 0.255 e. The van der Waals surface area contributed by atoms with Gasteiger partial charge in [-0.25, -0.2) is 0 Å². The summed E-state index contributed by atoms with van der Waals surface area (Å²) in [5.74, 6) is 0.579. The summed E-state index contributed by atoms with van der Waals surface area (Å²) in [6, 6.07) is 0. The van der Waals surface area contributed by atoms with Crippen molar-refractivity contribution in [2.75, 3.05) is 13.2 Å². The molecule has 1 saturated carbocycles. The van der Waals surface area contributed by atoms with Crippen molar-refractivity contribution in [3.8, 4) is 0 Å². The first-order valence-corrected chi connectivity index (χ1v) is 7.90. The average Bonchev–Trinajstić information content (AvgIpc) is 2.70. The van der Waals surface area contributed by atoms with Crippen molar-refractivity contribution in [3.63, 3.8) is 0 Å². The Labute approximate surface area is 127 Å². The van der Waals surface area contributed by atoms with Gasteiger partial charge in [0.1, 0.15) is 0 Å². The largest absolute Gasteiger partial charge is 0.376 e. The highest BCUT2D eigenvalue weighted by atomic mass is 16.5. The van der Waals surface area contributed by atoms with Gasteiger partial charge in [0.05, 0.1) is 24.0 Å². The van der Waals surface area contributed by atoms with Crippen molar-refractivity contribution in [3.05, 3.63) is 17.0 Å². The molecule has 5 nitrogen and oxygen atoms in total. The lowest BCUT2D eigenvalue weighted by Gasteiger charge is -2.28. The predicted molar refractivity (Wildman–Crippen MR) is 82.4 cm³/mol. The van der Waals surface area contributed by atoms with E-state index >= 15 is 0 Å². The van der Waals surface area contributed by atoms with E-state index in [1.54, 1.807) is 4.68 Å². The molecule has 5 heteroatoms. The Kier molecular flexibility index (Phi) is 5.39. The van der Waals surface area contributed by atoms with Gasteiger partial charge >= 0.3 is 0 Å². The van der Waals surface area contributed by atoms with Crippen LogP contribution < -0.4 is 5.32 Å². The van der Waals surface area contributed by atoms with Gasteiger partial charge < -0.3 is 10.1 Å². The van der Waals surface area contributed by atoms with E-state index in [-0.39, 0.29) is 5.91 Å². The average molecular weight is 293 g/mol. The zero-order chi connectivity index (χ0) is 15.4. The minimum atomic E-state index is -0.0570. The fraction of sp³-hybridized carbons (Fsp3) is 0.750. The lowest BCUT2D eigenvalue weighted by molar-refractivity contribution is -0.00294. The Bertz CT molecular complexity index is 496. The van der Waals surface area contributed by atoms with Gasteiger partial charge in [-0.2, -0.15) is 5.10 Å². The van der Waals surface area contributed by atoms with Crippen molar-refractivity contribution in [1.29, 1.82) is 0 Å². The number of carbonyl (C=O) groups is 1. The molecule has 0 bridgehead atoms. The van der Waals surface area contributed by atoms with E-state index in [0.29, 0.717) is 30.7 Å². The molecule has 0 aromatic carbocycles. The first-order chi connectivity index (χ1) is 10.0. The molecule has 21 heavy (non-hydrogen) atoms. The number of hydrogen-bond donors (Lipinski definition) is 1. The lowest BCUT2D eigenvalue weighted by Crippen LogP contribution is -2.32. The van der Waals surface area contributed by atoms with Crippen LogP contribution in [0.1, 0.15) is 54.4 Å². The fourth-order valence-electron chi connectivity index (χ4n) is 3.10. The maximum atomic E-state index is 12.2. The van der Waals surface area contributed by atoms with Crippen molar-refractivity contribution in [2.45, 2.75) is 52.6 Å². The number of aryl methyl sites for hydroxylation is 2. The van der Waals surface area contributed by atoms with Gasteiger partial charge in [-0.15, -0.1) is 0 Å². The molecule has 1 fully saturated rings. The Morgan fingerprint density at radius 3 is 2.71 bits per heavy atom. The number of aromatic nitrogens is 2. The number of rotatable bonds is 5. The molecule has 1 aliphatic rings. The van der Waals surface area contributed by atoms with E-state index in [0.717, 1.165) is 17.8 Å². The van der Waals surface area contributed by atoms with Crippen LogP contribution in [-0.2, 0) is 11.8 Å². The van der Waals surface area contributed by atoms with Gasteiger partial charge in [0.2, 0.25) is 0 Å². The number of hydrogen-bond acceptors (Lipinski definition) is 3. The highest BCUT2D eigenvalue weighted by Gasteiger charge is 2.22. The molecule has 0 spiro atoms. The van der Waals surface area contributed by atoms with Crippen LogP contribution in [0, 0.1) is 19.8 Å². The molecule has 1 N–H and O–H groups in total. The topological polar surface area (TPSA) is 56.2 Å². The molecular formula is C16H27N3O2. The van der Waals surface area contributed by atoms with Gasteiger partial charge in [0.25, 0.3) is 5.91 Å². The second kappa shape index (κ2) is 7.07. The first kappa shape index (κ1) is 16.0. The van der Waals surface area contributed by atoms with Crippen molar-refractivity contribution >= 4 is 5.91 Å². The van der Waals surface area contributed by atoms with Crippen molar-refractivity contribution < 1.29 is 9.53 Å². The molecule has 118 valence electrons. The molecule has 0 radical (unpaired) electrons. The minimum Gasteiger partial charge on any atom is -0.376 e. The van der Waals surface area contributed by atoms with E-state index in [9.17, 15) is 4.79 Å². The highest BCUT2D eigenvalue weighted by molar-refractivity contribution is 5.96. The Morgan fingerprint density at radius 2 is 2.10 bits per heavy atom. The van der Waals surface area contributed by atoms with Crippen LogP contribution in [0.25, 0.3) is 0 Å². The van der Waals surface area contributed by atoms with Crippen LogP contribution in [0.2, 0.25) is 0 Å². The highest BCUT2D eigenvalue weighted by Crippen LogP contribution is 2.25. The molecule has 1 aliphatic carbocycles. The molecule has 1 aromatic heterocycles. The fourth-order valence-corrected chi connectivity index (χ4v) is 3.10. The van der Waals surface area contributed by atoms with E-state index in [4.69, 9.17) is 4.74 Å². The monoisotopic (exact) mass is 293 g/mol. The van der Waals surface area contributed by atoms with E-state index in [2.05, 4.69) is 17.3 Å². The maximum Gasteiger partial charge on any atom is 0.255 e. The third-order valence-electron chi connectivity index (χ3n) is 4.49. The molecule has 1 amide bonds. The molecule has 0 aliphatic heterocycles. The van der Waals surface area contributed by atoms with E-state index < -0.39 is 0 Å². The number of carbonyl (C=O) groups excluding carboxylic acids is 1. The van der Waals surface area contributed by atoms with Crippen molar-refractivity contribution in [2.24, 2.45) is 13.0 Å². The van der Waals surface area contributed by atoms with Gasteiger partial charge in [-0.1, -0.05) is 19.8 Å². The summed E-state index contributed by atoms with van der Waals surface area (Å²) >= 11 is 0. The van der Waals surface area contributed by atoms with Crippen molar-refractivity contribution in [1.82, 2.24) is 15.1 Å². The number of ether oxygens (including phenoxy) is 1. The third-order valence-corrected chi connectivity index (χ3v) is 4.49. The third kappa shape index (κ3) is 3.84. The van der Waals surface area contributed by atoms with Crippen LogP contribution in [0.15, 0.2) is 0 Å². The maximum absolute atomic E-state index is 12.2. The summed E-state index contributed by atoms with van der Waals surface area (Å²) in [5, 5.41) is 7.20. The summed E-state index contributed by atoms with van der Waals surface area (Å²) in [4.78, 5) is 12.2. The second-order valence-electron chi connectivity index (χ2n) is 6.10. The van der Waals surface area contributed by atoms with Crippen LogP contribution in [0.3, 0.4) is 0 Å². The van der Waals surface area contributed by atoms with Crippen LogP contribution >= 0.6 is 0 Å². The van der Waals surface area contributed by atoms with Gasteiger partial charge in [-0.05, 0) is 32.6 Å². The SMILES string of the molecule is Cc1nn(C)c(C)c1C(=O)NCCO[C@H]1CCCC[C@H]1C.